The minimum Gasteiger partial charge on any atom is -0.492 e. The smallest absolute Gasteiger partial charge is 0.138 e. The zero-order valence-corrected chi connectivity index (χ0v) is 12.8. The van der Waals surface area contributed by atoms with E-state index in [2.05, 4.69) is 13.0 Å². The third-order valence-electron chi connectivity index (χ3n) is 3.08. The summed E-state index contributed by atoms with van der Waals surface area (Å²) in [6.07, 6.45) is 9.48. The normalized spacial score (nSPS) is 10.2. The predicted octanol–water partition coefficient (Wildman–Crippen LogP) is 5.02. The Labute approximate surface area is 121 Å². The van der Waals surface area contributed by atoms with Crippen LogP contribution in [0.25, 0.3) is 0 Å². The maximum absolute atomic E-state index is 9.19. The lowest BCUT2D eigenvalue weighted by Crippen LogP contribution is -1.99. The molecule has 0 unspecified atom stereocenters. The largest absolute Gasteiger partial charge is 0.492 e. The molecule has 1 aromatic rings. The number of thioether (sulfide) groups is 1. The second-order valence-electron chi connectivity index (χ2n) is 4.56. The van der Waals surface area contributed by atoms with Crippen molar-refractivity contribution in [2.24, 2.45) is 0 Å². The molecule has 19 heavy (non-hydrogen) atoms. The van der Waals surface area contributed by atoms with Gasteiger partial charge in [-0.2, -0.15) is 5.26 Å². The summed E-state index contributed by atoms with van der Waals surface area (Å²) in [6.45, 7) is 2.93. The van der Waals surface area contributed by atoms with Gasteiger partial charge in [-0.15, -0.1) is 11.8 Å². The van der Waals surface area contributed by atoms with Gasteiger partial charge in [0.15, 0.2) is 0 Å². The molecule has 0 saturated carbocycles. The van der Waals surface area contributed by atoms with Crippen LogP contribution in [0.4, 0.5) is 0 Å². The number of nitrogens with zero attached hydrogens (tertiary/aromatic N) is 1. The summed E-state index contributed by atoms with van der Waals surface area (Å²) in [5.41, 5.74) is 0.668. The summed E-state index contributed by atoms with van der Waals surface area (Å²) in [5, 5.41) is 9.19. The van der Waals surface area contributed by atoms with Crippen molar-refractivity contribution < 1.29 is 4.74 Å². The molecule has 0 amide bonds. The highest BCUT2D eigenvalue weighted by Gasteiger charge is 2.07. The molecule has 0 aliphatic heterocycles. The van der Waals surface area contributed by atoms with Crippen LogP contribution < -0.4 is 4.74 Å². The summed E-state index contributed by atoms with van der Waals surface area (Å²) in [7, 11) is 0. The molecular formula is C16H23NOS. The van der Waals surface area contributed by atoms with Crippen LogP contribution >= 0.6 is 11.8 Å². The Hall–Kier alpha value is -1.14. The molecule has 3 heteroatoms. The Morgan fingerprint density at radius 2 is 1.89 bits per heavy atom. The molecule has 2 nitrogen and oxygen atoms in total. The Balaban J connectivity index is 2.35. The van der Waals surface area contributed by atoms with Crippen LogP contribution in [0, 0.1) is 11.3 Å². The minimum atomic E-state index is 0.668. The van der Waals surface area contributed by atoms with E-state index in [1.807, 2.05) is 24.5 Å². The molecule has 0 bridgehead atoms. The number of ether oxygens (including phenoxy) is 1. The fourth-order valence-electron chi connectivity index (χ4n) is 1.98. The highest BCUT2D eigenvalue weighted by Crippen LogP contribution is 2.28. The van der Waals surface area contributed by atoms with E-state index in [1.165, 1.54) is 32.1 Å². The monoisotopic (exact) mass is 277 g/mol. The van der Waals surface area contributed by atoms with E-state index in [1.54, 1.807) is 11.8 Å². The molecule has 0 fully saturated rings. The number of rotatable bonds is 9. The van der Waals surface area contributed by atoms with Gasteiger partial charge in [0.2, 0.25) is 0 Å². The minimum absolute atomic E-state index is 0.668. The van der Waals surface area contributed by atoms with E-state index in [-0.39, 0.29) is 0 Å². The molecular weight excluding hydrogens is 254 g/mol. The molecule has 0 atom stereocenters. The lowest BCUT2D eigenvalue weighted by atomic mass is 10.1. The zero-order chi connectivity index (χ0) is 13.9. The van der Waals surface area contributed by atoms with E-state index in [9.17, 15) is 5.26 Å². The van der Waals surface area contributed by atoms with Gasteiger partial charge in [-0.25, -0.2) is 0 Å². The predicted molar refractivity (Wildman–Crippen MR) is 81.8 cm³/mol. The molecule has 1 rings (SSSR count). The van der Waals surface area contributed by atoms with Crippen LogP contribution in [-0.2, 0) is 0 Å². The van der Waals surface area contributed by atoms with Gasteiger partial charge in [-0.05, 0) is 24.8 Å². The number of benzene rings is 1. The van der Waals surface area contributed by atoms with Crippen LogP contribution in [0.1, 0.15) is 51.0 Å². The van der Waals surface area contributed by atoms with Gasteiger partial charge in [0, 0.05) is 4.90 Å². The molecule has 0 N–H and O–H groups in total. The Kier molecular flexibility index (Phi) is 8.16. The van der Waals surface area contributed by atoms with E-state index in [0.717, 1.165) is 17.1 Å². The number of hydrogen-bond donors (Lipinski definition) is 0. The summed E-state index contributed by atoms with van der Waals surface area (Å²) < 4.78 is 5.74. The fraction of sp³-hybridized carbons (Fsp3) is 0.562. The van der Waals surface area contributed by atoms with Gasteiger partial charge < -0.3 is 4.74 Å². The summed E-state index contributed by atoms with van der Waals surface area (Å²) in [6, 6.07) is 8.03. The average molecular weight is 277 g/mol. The van der Waals surface area contributed by atoms with Crippen molar-refractivity contribution in [3.8, 4) is 11.8 Å². The van der Waals surface area contributed by atoms with Crippen LogP contribution in [0.15, 0.2) is 23.1 Å². The van der Waals surface area contributed by atoms with Crippen LogP contribution in [0.2, 0.25) is 0 Å². The zero-order valence-electron chi connectivity index (χ0n) is 11.9. The van der Waals surface area contributed by atoms with Crippen molar-refractivity contribution in [3.63, 3.8) is 0 Å². The molecule has 0 saturated heterocycles. The van der Waals surface area contributed by atoms with Gasteiger partial charge in [-0.1, -0.05) is 45.1 Å². The van der Waals surface area contributed by atoms with Crippen LogP contribution in [-0.4, -0.2) is 12.9 Å². The van der Waals surface area contributed by atoms with Gasteiger partial charge in [0.1, 0.15) is 17.4 Å². The Bertz CT molecular complexity index is 412. The number of nitriles is 1. The van der Waals surface area contributed by atoms with Crippen LogP contribution in [0.5, 0.6) is 5.75 Å². The van der Waals surface area contributed by atoms with Crippen molar-refractivity contribution >= 4 is 11.8 Å². The molecule has 0 aliphatic rings. The third kappa shape index (κ3) is 5.57. The van der Waals surface area contributed by atoms with Crippen molar-refractivity contribution in [3.05, 3.63) is 23.8 Å². The lowest BCUT2D eigenvalue weighted by Gasteiger charge is -2.09. The Morgan fingerprint density at radius 1 is 1.16 bits per heavy atom. The van der Waals surface area contributed by atoms with Crippen molar-refractivity contribution in [1.82, 2.24) is 0 Å². The molecule has 0 aliphatic carbocycles. The van der Waals surface area contributed by atoms with Gasteiger partial charge in [-0.3, -0.25) is 0 Å². The van der Waals surface area contributed by atoms with Crippen molar-refractivity contribution in [2.45, 2.75) is 50.3 Å². The standard InChI is InChI=1S/C16H23NOS/c1-3-4-5-6-7-8-12-18-15-10-9-11-16(19-2)14(15)13-17/h9-11H,3-8,12H2,1-2H3. The van der Waals surface area contributed by atoms with Gasteiger partial charge >= 0.3 is 0 Å². The van der Waals surface area contributed by atoms with Crippen molar-refractivity contribution in [1.29, 1.82) is 5.26 Å². The molecule has 0 heterocycles. The maximum Gasteiger partial charge on any atom is 0.138 e. The SMILES string of the molecule is CCCCCCCCOc1cccc(SC)c1C#N. The molecule has 0 aromatic heterocycles. The first-order valence-electron chi connectivity index (χ1n) is 7.03. The topological polar surface area (TPSA) is 33.0 Å². The lowest BCUT2D eigenvalue weighted by molar-refractivity contribution is 0.303. The highest BCUT2D eigenvalue weighted by atomic mass is 32.2. The molecule has 0 spiro atoms. The third-order valence-corrected chi connectivity index (χ3v) is 3.86. The second-order valence-corrected chi connectivity index (χ2v) is 5.41. The van der Waals surface area contributed by atoms with Crippen LogP contribution in [0.3, 0.4) is 0 Å². The van der Waals surface area contributed by atoms with E-state index < -0.39 is 0 Å². The van der Waals surface area contributed by atoms with E-state index >= 15 is 0 Å². The molecule has 0 radical (unpaired) electrons. The van der Waals surface area contributed by atoms with Gasteiger partial charge in [0.25, 0.3) is 0 Å². The summed E-state index contributed by atoms with van der Waals surface area (Å²) in [4.78, 5) is 0.989. The average Bonchev–Trinajstić information content (AvgIpc) is 2.45. The first-order chi connectivity index (χ1) is 9.33. The van der Waals surface area contributed by atoms with Gasteiger partial charge in [0.05, 0.1) is 6.61 Å². The highest BCUT2D eigenvalue weighted by molar-refractivity contribution is 7.98. The first kappa shape index (κ1) is 15.9. The first-order valence-corrected chi connectivity index (χ1v) is 8.25. The van der Waals surface area contributed by atoms with E-state index in [4.69, 9.17) is 4.74 Å². The summed E-state index contributed by atoms with van der Waals surface area (Å²) >= 11 is 1.58. The number of unbranched alkanes of at least 4 members (excludes halogenated alkanes) is 5. The molecule has 104 valence electrons. The van der Waals surface area contributed by atoms with Crippen molar-refractivity contribution in [2.75, 3.05) is 12.9 Å². The number of hydrogen-bond acceptors (Lipinski definition) is 3. The second kappa shape index (κ2) is 9.75. The summed E-state index contributed by atoms with van der Waals surface area (Å²) in [5.74, 6) is 0.725. The molecule has 1 aromatic carbocycles. The fourth-order valence-corrected chi connectivity index (χ4v) is 2.54. The Morgan fingerprint density at radius 3 is 2.58 bits per heavy atom. The van der Waals surface area contributed by atoms with E-state index in [0.29, 0.717) is 12.2 Å². The maximum atomic E-state index is 9.19. The quantitative estimate of drug-likeness (QED) is 0.469.